The smallest absolute Gasteiger partial charge is 0.328 e. The Balaban J connectivity index is 2.02. The molecule has 0 aliphatic heterocycles. The zero-order chi connectivity index (χ0) is 15.2. The maximum Gasteiger partial charge on any atom is 0.328 e. The van der Waals surface area contributed by atoms with Crippen LogP contribution in [0.25, 0.3) is 6.08 Å². The SMILES string of the molecule is Cc1ccc(CNC(=O)c2sccc2C=CC(=O)O)cc1. The molecule has 1 amide bonds. The molecule has 4 nitrogen and oxygen atoms in total. The van der Waals surface area contributed by atoms with Gasteiger partial charge in [0.1, 0.15) is 0 Å². The Bertz CT molecular complexity index is 671. The van der Waals surface area contributed by atoms with Crippen LogP contribution in [0.4, 0.5) is 0 Å². The van der Waals surface area contributed by atoms with Gasteiger partial charge in [-0.2, -0.15) is 0 Å². The molecule has 2 aromatic rings. The number of carboxylic acid groups (broad SMARTS) is 1. The molecular formula is C16H15NO3S. The number of aliphatic carboxylic acids is 1. The van der Waals surface area contributed by atoms with Crippen LogP contribution < -0.4 is 5.32 Å². The predicted molar refractivity (Wildman–Crippen MR) is 83.3 cm³/mol. The van der Waals surface area contributed by atoms with Crippen molar-refractivity contribution < 1.29 is 14.7 Å². The molecule has 0 unspecified atom stereocenters. The lowest BCUT2D eigenvalue weighted by molar-refractivity contribution is -0.131. The van der Waals surface area contributed by atoms with Crippen molar-refractivity contribution in [3.05, 3.63) is 63.4 Å². The number of hydrogen-bond donors (Lipinski definition) is 2. The fraction of sp³-hybridized carbons (Fsp3) is 0.125. The van der Waals surface area contributed by atoms with Gasteiger partial charge in [-0.1, -0.05) is 29.8 Å². The minimum Gasteiger partial charge on any atom is -0.478 e. The Morgan fingerprint density at radius 1 is 1.24 bits per heavy atom. The largest absolute Gasteiger partial charge is 0.478 e. The molecule has 0 bridgehead atoms. The van der Waals surface area contributed by atoms with E-state index in [0.29, 0.717) is 17.0 Å². The standard InChI is InChI=1S/C16H15NO3S/c1-11-2-4-12(5-3-11)10-17-16(20)15-13(8-9-21-15)6-7-14(18)19/h2-9H,10H2,1H3,(H,17,20)(H,18,19). The Morgan fingerprint density at radius 2 is 1.95 bits per heavy atom. The highest BCUT2D eigenvalue weighted by Gasteiger charge is 2.11. The van der Waals surface area contributed by atoms with Crippen molar-refractivity contribution in [2.75, 3.05) is 0 Å². The molecule has 0 saturated carbocycles. The second-order valence-corrected chi connectivity index (χ2v) is 5.46. The molecule has 0 spiro atoms. The number of aryl methyl sites for hydroxylation is 1. The lowest BCUT2D eigenvalue weighted by atomic mass is 10.1. The van der Waals surface area contributed by atoms with Crippen LogP contribution in [0.15, 0.2) is 41.8 Å². The quantitative estimate of drug-likeness (QED) is 0.834. The summed E-state index contributed by atoms with van der Waals surface area (Å²) in [7, 11) is 0. The van der Waals surface area contributed by atoms with Crippen LogP contribution in [0.2, 0.25) is 0 Å². The molecular weight excluding hydrogens is 286 g/mol. The monoisotopic (exact) mass is 301 g/mol. The second-order valence-electron chi connectivity index (χ2n) is 4.54. The molecule has 0 atom stereocenters. The molecule has 5 heteroatoms. The number of carbonyl (C=O) groups excluding carboxylic acids is 1. The molecule has 2 rings (SSSR count). The van der Waals surface area contributed by atoms with Crippen molar-refractivity contribution >= 4 is 29.3 Å². The van der Waals surface area contributed by atoms with Crippen molar-refractivity contribution in [1.82, 2.24) is 5.32 Å². The van der Waals surface area contributed by atoms with E-state index in [1.807, 2.05) is 31.2 Å². The first kappa shape index (κ1) is 15.0. The summed E-state index contributed by atoms with van der Waals surface area (Å²) in [5.74, 6) is -1.23. The van der Waals surface area contributed by atoms with E-state index in [9.17, 15) is 9.59 Å². The number of carboxylic acids is 1. The molecule has 1 heterocycles. The van der Waals surface area contributed by atoms with Crippen LogP contribution >= 0.6 is 11.3 Å². The van der Waals surface area contributed by atoms with E-state index in [1.165, 1.54) is 23.0 Å². The van der Waals surface area contributed by atoms with Crippen LogP contribution in [-0.2, 0) is 11.3 Å². The van der Waals surface area contributed by atoms with E-state index < -0.39 is 5.97 Å². The number of hydrogen-bond acceptors (Lipinski definition) is 3. The highest BCUT2D eigenvalue weighted by molar-refractivity contribution is 7.12. The van der Waals surface area contributed by atoms with Crippen molar-refractivity contribution in [1.29, 1.82) is 0 Å². The maximum absolute atomic E-state index is 12.1. The van der Waals surface area contributed by atoms with Gasteiger partial charge in [-0.3, -0.25) is 4.79 Å². The van der Waals surface area contributed by atoms with Gasteiger partial charge in [-0.25, -0.2) is 4.79 Å². The zero-order valence-corrected chi connectivity index (χ0v) is 12.3. The number of amides is 1. The molecule has 0 fully saturated rings. The molecule has 0 radical (unpaired) electrons. The van der Waals surface area contributed by atoms with Gasteiger partial charge < -0.3 is 10.4 Å². The molecule has 108 valence electrons. The van der Waals surface area contributed by atoms with Crippen LogP contribution in [0.5, 0.6) is 0 Å². The van der Waals surface area contributed by atoms with Crippen molar-refractivity contribution in [2.24, 2.45) is 0 Å². The molecule has 0 aliphatic rings. The highest BCUT2D eigenvalue weighted by atomic mass is 32.1. The Labute approximate surface area is 126 Å². The summed E-state index contributed by atoms with van der Waals surface area (Å²) in [6.45, 7) is 2.45. The summed E-state index contributed by atoms with van der Waals surface area (Å²) in [6, 6.07) is 9.65. The van der Waals surface area contributed by atoms with Gasteiger partial charge in [0.25, 0.3) is 5.91 Å². The summed E-state index contributed by atoms with van der Waals surface area (Å²) in [5, 5.41) is 13.2. The number of thiophene rings is 1. The third kappa shape index (κ3) is 4.29. The van der Waals surface area contributed by atoms with Crippen LogP contribution in [0.1, 0.15) is 26.4 Å². The normalized spacial score (nSPS) is 10.7. The van der Waals surface area contributed by atoms with Crippen molar-refractivity contribution in [3.63, 3.8) is 0 Å². The molecule has 1 aromatic heterocycles. The Kier molecular flexibility index (Phi) is 4.90. The van der Waals surface area contributed by atoms with E-state index in [2.05, 4.69) is 5.32 Å². The first-order chi connectivity index (χ1) is 10.1. The molecule has 21 heavy (non-hydrogen) atoms. The van der Waals surface area contributed by atoms with E-state index in [1.54, 1.807) is 11.4 Å². The minimum atomic E-state index is -1.03. The average Bonchev–Trinajstić information content (AvgIpc) is 2.92. The van der Waals surface area contributed by atoms with Gasteiger partial charge in [0.2, 0.25) is 0 Å². The summed E-state index contributed by atoms with van der Waals surface area (Å²) in [6.07, 6.45) is 2.46. The van der Waals surface area contributed by atoms with Gasteiger partial charge in [0, 0.05) is 12.6 Å². The van der Waals surface area contributed by atoms with E-state index in [4.69, 9.17) is 5.11 Å². The summed E-state index contributed by atoms with van der Waals surface area (Å²) in [5.41, 5.74) is 2.81. The van der Waals surface area contributed by atoms with E-state index in [-0.39, 0.29) is 5.91 Å². The van der Waals surface area contributed by atoms with Crippen LogP contribution in [-0.4, -0.2) is 17.0 Å². The fourth-order valence-electron chi connectivity index (χ4n) is 1.76. The van der Waals surface area contributed by atoms with Gasteiger partial charge in [0.15, 0.2) is 0 Å². The third-order valence-corrected chi connectivity index (χ3v) is 3.81. The third-order valence-electron chi connectivity index (χ3n) is 2.88. The topological polar surface area (TPSA) is 66.4 Å². The maximum atomic E-state index is 12.1. The molecule has 1 aromatic carbocycles. The van der Waals surface area contributed by atoms with Crippen molar-refractivity contribution in [2.45, 2.75) is 13.5 Å². The number of benzene rings is 1. The lowest BCUT2D eigenvalue weighted by Gasteiger charge is -2.05. The Hall–Kier alpha value is -2.40. The van der Waals surface area contributed by atoms with Crippen LogP contribution in [0, 0.1) is 6.92 Å². The first-order valence-electron chi connectivity index (χ1n) is 6.38. The Morgan fingerprint density at radius 3 is 2.62 bits per heavy atom. The van der Waals surface area contributed by atoms with E-state index in [0.717, 1.165) is 11.6 Å². The fourth-order valence-corrected chi connectivity index (χ4v) is 2.57. The second kappa shape index (κ2) is 6.85. The highest BCUT2D eigenvalue weighted by Crippen LogP contribution is 2.18. The zero-order valence-electron chi connectivity index (χ0n) is 11.5. The van der Waals surface area contributed by atoms with Gasteiger partial charge >= 0.3 is 5.97 Å². The molecule has 2 N–H and O–H groups in total. The number of nitrogens with one attached hydrogen (secondary N) is 1. The average molecular weight is 301 g/mol. The number of carbonyl (C=O) groups is 2. The number of rotatable bonds is 5. The molecule has 0 saturated heterocycles. The minimum absolute atomic E-state index is 0.199. The summed E-state index contributed by atoms with van der Waals surface area (Å²) < 4.78 is 0. The van der Waals surface area contributed by atoms with Crippen molar-refractivity contribution in [3.8, 4) is 0 Å². The lowest BCUT2D eigenvalue weighted by Crippen LogP contribution is -2.22. The summed E-state index contributed by atoms with van der Waals surface area (Å²) >= 11 is 1.29. The van der Waals surface area contributed by atoms with Crippen LogP contribution in [0.3, 0.4) is 0 Å². The first-order valence-corrected chi connectivity index (χ1v) is 7.26. The van der Waals surface area contributed by atoms with E-state index >= 15 is 0 Å². The summed E-state index contributed by atoms with van der Waals surface area (Å²) in [4.78, 5) is 23.2. The molecule has 0 aliphatic carbocycles. The predicted octanol–water partition coefficient (Wildman–Crippen LogP) is 3.08. The van der Waals surface area contributed by atoms with Gasteiger partial charge in [-0.05, 0) is 35.6 Å². The van der Waals surface area contributed by atoms with Gasteiger partial charge in [-0.15, -0.1) is 11.3 Å². The van der Waals surface area contributed by atoms with Gasteiger partial charge in [0.05, 0.1) is 4.88 Å².